The smallest absolute Gasteiger partial charge is 0.310 e. The van der Waals surface area contributed by atoms with Gasteiger partial charge in [0.25, 0.3) is 0 Å². The zero-order valence-electron chi connectivity index (χ0n) is 11.4. The second-order valence-corrected chi connectivity index (χ2v) is 5.35. The van der Waals surface area contributed by atoms with Crippen LogP contribution in [0.1, 0.15) is 49.8 Å². The molecule has 5 heteroatoms. The van der Waals surface area contributed by atoms with Gasteiger partial charge in [-0.2, -0.15) is 13.2 Å². The maximum Gasteiger partial charge on any atom is 0.416 e. The first-order chi connectivity index (χ1) is 9.43. The van der Waals surface area contributed by atoms with Gasteiger partial charge in [0.15, 0.2) is 0 Å². The van der Waals surface area contributed by atoms with Gasteiger partial charge < -0.3 is 5.32 Å². The van der Waals surface area contributed by atoms with Crippen LogP contribution in [-0.2, 0) is 6.18 Å². The minimum absolute atomic E-state index is 0.0515. The van der Waals surface area contributed by atoms with Gasteiger partial charge in [-0.15, -0.1) is 0 Å². The molecule has 0 radical (unpaired) electrons. The Morgan fingerprint density at radius 3 is 2.50 bits per heavy atom. The van der Waals surface area contributed by atoms with Gasteiger partial charge >= 0.3 is 6.18 Å². The lowest BCUT2D eigenvalue weighted by atomic mass is 9.76. The summed E-state index contributed by atoms with van der Waals surface area (Å²) in [6.45, 7) is 2.59. The molecule has 1 N–H and O–H groups in total. The zero-order chi connectivity index (χ0) is 14.8. The second-order valence-electron chi connectivity index (χ2n) is 5.35. The maximum absolute atomic E-state index is 13.4. The molecule has 1 saturated carbocycles. The lowest BCUT2D eigenvalue weighted by molar-refractivity contribution is -0.138. The highest BCUT2D eigenvalue weighted by Crippen LogP contribution is 2.42. The minimum atomic E-state index is -4.45. The molecule has 1 aromatic carbocycles. The topological polar surface area (TPSA) is 12.0 Å². The molecule has 0 bridgehead atoms. The lowest BCUT2D eigenvalue weighted by Gasteiger charge is -2.36. The van der Waals surface area contributed by atoms with Crippen molar-refractivity contribution in [3.05, 3.63) is 35.1 Å². The molecule has 1 aliphatic rings. The molecule has 1 fully saturated rings. The molecular weight excluding hydrogens is 270 g/mol. The molecular formula is C15H19F4N. The quantitative estimate of drug-likeness (QED) is 0.776. The van der Waals surface area contributed by atoms with Crippen LogP contribution in [0.4, 0.5) is 17.6 Å². The van der Waals surface area contributed by atoms with Crippen molar-refractivity contribution >= 4 is 0 Å². The average molecular weight is 289 g/mol. The van der Waals surface area contributed by atoms with E-state index in [4.69, 9.17) is 0 Å². The summed E-state index contributed by atoms with van der Waals surface area (Å²) in [5.41, 5.74) is -0.671. The Hall–Kier alpha value is -1.10. The first-order valence-electron chi connectivity index (χ1n) is 7.03. The fourth-order valence-corrected chi connectivity index (χ4v) is 2.65. The minimum Gasteiger partial charge on any atom is -0.310 e. The standard InChI is InChI=1S/C15H19F4N/c1-2-8-20-14(10-4-3-5-10)12-9-11(16)6-7-13(12)15(17,18)19/h6-7,9-10,14,20H,2-5,8H2,1H3. The molecule has 0 aromatic heterocycles. The number of hydrogen-bond acceptors (Lipinski definition) is 1. The molecule has 0 aliphatic heterocycles. The summed E-state index contributed by atoms with van der Waals surface area (Å²) in [5, 5.41) is 3.16. The van der Waals surface area contributed by atoms with Gasteiger partial charge in [-0.1, -0.05) is 13.3 Å². The largest absolute Gasteiger partial charge is 0.416 e. The van der Waals surface area contributed by atoms with E-state index in [2.05, 4.69) is 5.32 Å². The summed E-state index contributed by atoms with van der Waals surface area (Å²) in [4.78, 5) is 0. The van der Waals surface area contributed by atoms with E-state index in [0.717, 1.165) is 43.9 Å². The van der Waals surface area contributed by atoms with Crippen LogP contribution < -0.4 is 5.32 Å². The number of rotatable bonds is 5. The van der Waals surface area contributed by atoms with Crippen LogP contribution in [0.5, 0.6) is 0 Å². The van der Waals surface area contributed by atoms with Gasteiger partial charge in [-0.05, 0) is 55.5 Å². The Kier molecular flexibility index (Phi) is 4.68. The van der Waals surface area contributed by atoms with Crippen LogP contribution >= 0.6 is 0 Å². The van der Waals surface area contributed by atoms with Crippen LogP contribution in [0.3, 0.4) is 0 Å². The molecule has 0 amide bonds. The Balaban J connectivity index is 2.37. The summed E-state index contributed by atoms with van der Waals surface area (Å²) in [6.07, 6.45) is -0.783. The fourth-order valence-electron chi connectivity index (χ4n) is 2.65. The van der Waals surface area contributed by atoms with E-state index in [0.29, 0.717) is 6.54 Å². The number of benzene rings is 1. The van der Waals surface area contributed by atoms with Gasteiger partial charge in [-0.3, -0.25) is 0 Å². The van der Waals surface area contributed by atoms with Gasteiger partial charge in [0, 0.05) is 6.04 Å². The molecule has 1 atom stereocenters. The van der Waals surface area contributed by atoms with Gasteiger partial charge in [0.05, 0.1) is 5.56 Å². The van der Waals surface area contributed by atoms with E-state index in [9.17, 15) is 17.6 Å². The van der Waals surface area contributed by atoms with Crippen molar-refractivity contribution in [1.82, 2.24) is 5.32 Å². The van der Waals surface area contributed by atoms with Crippen molar-refractivity contribution < 1.29 is 17.6 Å². The number of hydrogen-bond donors (Lipinski definition) is 1. The third-order valence-corrected chi connectivity index (χ3v) is 3.89. The third-order valence-electron chi connectivity index (χ3n) is 3.89. The van der Waals surface area contributed by atoms with Gasteiger partial charge in [-0.25, -0.2) is 4.39 Å². The molecule has 1 aliphatic carbocycles. The van der Waals surface area contributed by atoms with Crippen LogP contribution in [0.25, 0.3) is 0 Å². The Morgan fingerprint density at radius 2 is 2.00 bits per heavy atom. The Labute approximate surface area is 116 Å². The van der Waals surface area contributed by atoms with Crippen LogP contribution in [0.2, 0.25) is 0 Å². The normalized spacial score (nSPS) is 17.9. The molecule has 1 unspecified atom stereocenters. The van der Waals surface area contributed by atoms with E-state index in [1.54, 1.807) is 0 Å². The molecule has 0 saturated heterocycles. The molecule has 2 rings (SSSR count). The van der Waals surface area contributed by atoms with Gasteiger partial charge in [0.1, 0.15) is 5.82 Å². The molecule has 112 valence electrons. The van der Waals surface area contributed by atoms with Crippen molar-refractivity contribution in [2.75, 3.05) is 6.54 Å². The predicted molar refractivity (Wildman–Crippen MR) is 69.8 cm³/mol. The van der Waals surface area contributed by atoms with Crippen molar-refractivity contribution in [3.8, 4) is 0 Å². The summed E-state index contributed by atoms with van der Waals surface area (Å²) >= 11 is 0. The number of nitrogens with one attached hydrogen (secondary N) is 1. The SMILES string of the molecule is CCCNC(c1cc(F)ccc1C(F)(F)F)C1CCC1. The Morgan fingerprint density at radius 1 is 1.30 bits per heavy atom. The van der Waals surface area contributed by atoms with Crippen LogP contribution in [-0.4, -0.2) is 6.54 Å². The summed E-state index contributed by atoms with van der Waals surface area (Å²) in [5.74, 6) is -0.444. The summed E-state index contributed by atoms with van der Waals surface area (Å²) in [7, 11) is 0. The Bertz CT molecular complexity index is 452. The van der Waals surface area contributed by atoms with E-state index in [-0.39, 0.29) is 11.5 Å². The van der Waals surface area contributed by atoms with Crippen molar-refractivity contribution in [2.45, 2.75) is 44.8 Å². The molecule has 1 aromatic rings. The number of alkyl halides is 3. The fraction of sp³-hybridized carbons (Fsp3) is 0.600. The van der Waals surface area contributed by atoms with E-state index in [1.165, 1.54) is 0 Å². The van der Waals surface area contributed by atoms with Crippen molar-refractivity contribution in [3.63, 3.8) is 0 Å². The molecule has 0 spiro atoms. The first kappa shape index (κ1) is 15.3. The van der Waals surface area contributed by atoms with E-state index in [1.807, 2.05) is 6.92 Å². The lowest BCUT2D eigenvalue weighted by Crippen LogP contribution is -2.34. The summed E-state index contributed by atoms with van der Waals surface area (Å²) < 4.78 is 52.7. The first-order valence-corrected chi connectivity index (χ1v) is 7.03. The average Bonchev–Trinajstić information content (AvgIpc) is 2.30. The monoisotopic (exact) mass is 289 g/mol. The highest BCUT2D eigenvalue weighted by Gasteiger charge is 2.38. The highest BCUT2D eigenvalue weighted by molar-refractivity contribution is 5.34. The van der Waals surface area contributed by atoms with Crippen molar-refractivity contribution in [1.29, 1.82) is 0 Å². The van der Waals surface area contributed by atoms with E-state index >= 15 is 0 Å². The highest BCUT2D eigenvalue weighted by atomic mass is 19.4. The molecule has 1 nitrogen and oxygen atoms in total. The molecule has 0 heterocycles. The zero-order valence-corrected chi connectivity index (χ0v) is 11.4. The summed E-state index contributed by atoms with van der Waals surface area (Å²) in [6, 6.07) is 2.36. The van der Waals surface area contributed by atoms with Crippen LogP contribution in [0, 0.1) is 11.7 Å². The van der Waals surface area contributed by atoms with E-state index < -0.39 is 23.6 Å². The molecule has 20 heavy (non-hydrogen) atoms. The maximum atomic E-state index is 13.4. The predicted octanol–water partition coefficient (Wildman–Crippen LogP) is 4.69. The number of halogens is 4. The van der Waals surface area contributed by atoms with Gasteiger partial charge in [0.2, 0.25) is 0 Å². The van der Waals surface area contributed by atoms with Crippen molar-refractivity contribution in [2.24, 2.45) is 5.92 Å². The van der Waals surface area contributed by atoms with Crippen LogP contribution in [0.15, 0.2) is 18.2 Å². The second kappa shape index (κ2) is 6.12. The third kappa shape index (κ3) is 3.32.